The van der Waals surface area contributed by atoms with E-state index in [1.54, 1.807) is 11.3 Å². The maximum absolute atomic E-state index is 6.15. The summed E-state index contributed by atoms with van der Waals surface area (Å²) in [7, 11) is 0. The first-order valence-electron chi connectivity index (χ1n) is 6.41. The lowest BCUT2D eigenvalue weighted by Crippen LogP contribution is -1.96. The summed E-state index contributed by atoms with van der Waals surface area (Å²) < 4.78 is 1.22. The van der Waals surface area contributed by atoms with Crippen LogP contribution in [0.1, 0.15) is 12.5 Å². The highest BCUT2D eigenvalue weighted by Crippen LogP contribution is 2.39. The molecule has 0 unspecified atom stereocenters. The Morgan fingerprint density at radius 2 is 1.79 bits per heavy atom. The molecule has 2 aromatic carbocycles. The number of nitrogens with two attached hydrogens (primary N) is 1. The molecule has 3 rings (SSSR count). The third-order valence-corrected chi connectivity index (χ3v) is 4.28. The van der Waals surface area contributed by atoms with Crippen molar-refractivity contribution in [3.63, 3.8) is 0 Å². The van der Waals surface area contributed by atoms with Crippen LogP contribution in [0.2, 0.25) is 0 Å². The zero-order valence-electron chi connectivity index (χ0n) is 10.8. The molecule has 96 valence electrons. The Labute approximate surface area is 116 Å². The molecule has 1 aromatic heterocycles. The molecule has 0 radical (unpaired) electrons. The number of thiophene rings is 1. The Balaban J connectivity index is 2.08. The number of anilines is 3. The second-order valence-corrected chi connectivity index (χ2v) is 5.56. The van der Waals surface area contributed by atoms with Gasteiger partial charge in [-0.1, -0.05) is 43.3 Å². The summed E-state index contributed by atoms with van der Waals surface area (Å²) >= 11 is 1.63. The lowest BCUT2D eigenvalue weighted by molar-refractivity contribution is 1.14. The largest absolute Gasteiger partial charge is 0.389 e. The third kappa shape index (κ3) is 2.17. The van der Waals surface area contributed by atoms with Crippen LogP contribution in [0, 0.1) is 0 Å². The van der Waals surface area contributed by atoms with Crippen molar-refractivity contribution in [1.29, 1.82) is 0 Å². The molecule has 0 atom stereocenters. The van der Waals surface area contributed by atoms with E-state index >= 15 is 0 Å². The van der Waals surface area contributed by atoms with Crippen LogP contribution in [-0.4, -0.2) is 0 Å². The van der Waals surface area contributed by atoms with E-state index in [4.69, 9.17) is 5.73 Å². The molecule has 0 fully saturated rings. The minimum Gasteiger partial charge on any atom is -0.389 e. The molecule has 3 aromatic rings. The van der Waals surface area contributed by atoms with Gasteiger partial charge in [0.15, 0.2) is 0 Å². The standard InChI is InChI=1S/C16H16N2S/c1-2-11-7-3-5-9-13(11)18-15-12-8-4-6-10-14(12)19-16(15)17/h3-10,18H,2,17H2,1H3. The molecule has 0 saturated carbocycles. The molecule has 1 heterocycles. The molecule has 2 nitrogen and oxygen atoms in total. The Hall–Kier alpha value is -2.00. The van der Waals surface area contributed by atoms with Gasteiger partial charge in [0.2, 0.25) is 0 Å². The fraction of sp³-hybridized carbons (Fsp3) is 0.125. The van der Waals surface area contributed by atoms with Gasteiger partial charge >= 0.3 is 0 Å². The van der Waals surface area contributed by atoms with E-state index in [-0.39, 0.29) is 0 Å². The summed E-state index contributed by atoms with van der Waals surface area (Å²) in [5.74, 6) is 0. The molecule has 0 aliphatic heterocycles. The number of benzene rings is 2. The fourth-order valence-electron chi connectivity index (χ4n) is 2.28. The Morgan fingerprint density at radius 3 is 2.63 bits per heavy atom. The van der Waals surface area contributed by atoms with Crippen LogP contribution in [0.3, 0.4) is 0 Å². The average molecular weight is 268 g/mol. The van der Waals surface area contributed by atoms with E-state index in [0.717, 1.165) is 22.8 Å². The second-order valence-electron chi connectivity index (χ2n) is 4.47. The number of nitrogens with one attached hydrogen (secondary N) is 1. The van der Waals surface area contributed by atoms with Crippen molar-refractivity contribution in [2.24, 2.45) is 0 Å². The third-order valence-electron chi connectivity index (χ3n) is 3.28. The van der Waals surface area contributed by atoms with Gasteiger partial charge in [-0.05, 0) is 24.1 Å². The minimum absolute atomic E-state index is 0.840. The van der Waals surface area contributed by atoms with E-state index in [2.05, 4.69) is 42.6 Å². The number of rotatable bonds is 3. The van der Waals surface area contributed by atoms with Gasteiger partial charge in [0.1, 0.15) is 5.00 Å². The van der Waals surface area contributed by atoms with Crippen molar-refractivity contribution in [1.82, 2.24) is 0 Å². The number of para-hydroxylation sites is 1. The molecule has 0 bridgehead atoms. The molecule has 3 N–H and O–H groups in total. The first-order chi connectivity index (χ1) is 9.29. The highest BCUT2D eigenvalue weighted by atomic mass is 32.1. The van der Waals surface area contributed by atoms with Crippen molar-refractivity contribution in [2.75, 3.05) is 11.1 Å². The fourth-order valence-corrected chi connectivity index (χ4v) is 3.21. The van der Waals surface area contributed by atoms with Crippen LogP contribution in [0.25, 0.3) is 10.1 Å². The molecular formula is C16H16N2S. The van der Waals surface area contributed by atoms with Gasteiger partial charge in [0.05, 0.1) is 5.69 Å². The second kappa shape index (κ2) is 4.94. The van der Waals surface area contributed by atoms with E-state index in [1.165, 1.54) is 15.6 Å². The zero-order chi connectivity index (χ0) is 13.2. The van der Waals surface area contributed by atoms with Crippen molar-refractivity contribution in [2.45, 2.75) is 13.3 Å². The summed E-state index contributed by atoms with van der Waals surface area (Å²) in [6, 6.07) is 16.7. The normalized spacial score (nSPS) is 10.8. The predicted molar refractivity (Wildman–Crippen MR) is 85.3 cm³/mol. The van der Waals surface area contributed by atoms with Gasteiger partial charge in [-0.25, -0.2) is 0 Å². The maximum Gasteiger partial charge on any atom is 0.111 e. The first-order valence-corrected chi connectivity index (χ1v) is 7.23. The monoisotopic (exact) mass is 268 g/mol. The Morgan fingerprint density at radius 1 is 1.05 bits per heavy atom. The quantitative estimate of drug-likeness (QED) is 0.716. The minimum atomic E-state index is 0.840. The number of aryl methyl sites for hydroxylation is 1. The van der Waals surface area contributed by atoms with E-state index in [0.29, 0.717) is 0 Å². The van der Waals surface area contributed by atoms with Gasteiger partial charge in [-0.15, -0.1) is 11.3 Å². The Kier molecular flexibility index (Phi) is 3.13. The summed E-state index contributed by atoms with van der Waals surface area (Å²) in [5.41, 5.74) is 9.62. The van der Waals surface area contributed by atoms with Crippen molar-refractivity contribution in [3.8, 4) is 0 Å². The predicted octanol–water partition coefficient (Wildman–Crippen LogP) is 4.79. The van der Waals surface area contributed by atoms with Crippen LogP contribution in [0.15, 0.2) is 48.5 Å². The van der Waals surface area contributed by atoms with E-state index in [1.807, 2.05) is 18.2 Å². The summed E-state index contributed by atoms with van der Waals surface area (Å²) in [6.45, 7) is 2.16. The maximum atomic E-state index is 6.15. The molecule has 0 amide bonds. The van der Waals surface area contributed by atoms with Crippen LogP contribution >= 0.6 is 11.3 Å². The van der Waals surface area contributed by atoms with Gasteiger partial charge in [-0.3, -0.25) is 0 Å². The van der Waals surface area contributed by atoms with Crippen molar-refractivity contribution in [3.05, 3.63) is 54.1 Å². The van der Waals surface area contributed by atoms with Crippen LogP contribution in [-0.2, 0) is 6.42 Å². The van der Waals surface area contributed by atoms with Crippen molar-refractivity contribution < 1.29 is 0 Å². The molecular weight excluding hydrogens is 252 g/mol. The number of hydrogen-bond acceptors (Lipinski definition) is 3. The SMILES string of the molecule is CCc1ccccc1Nc1c(N)sc2ccccc12. The molecule has 3 heteroatoms. The number of nitrogen functional groups attached to an aromatic ring is 1. The lowest BCUT2D eigenvalue weighted by atomic mass is 10.1. The molecule has 0 aliphatic rings. The zero-order valence-corrected chi connectivity index (χ0v) is 11.6. The first kappa shape index (κ1) is 12.1. The van der Waals surface area contributed by atoms with E-state index < -0.39 is 0 Å². The average Bonchev–Trinajstić information content (AvgIpc) is 2.76. The van der Waals surface area contributed by atoms with Crippen molar-refractivity contribution >= 4 is 37.8 Å². The van der Waals surface area contributed by atoms with Crippen LogP contribution in [0.4, 0.5) is 16.4 Å². The van der Waals surface area contributed by atoms with Gasteiger partial charge in [0, 0.05) is 15.8 Å². The lowest BCUT2D eigenvalue weighted by Gasteiger charge is -2.11. The Bertz CT molecular complexity index is 716. The molecule has 0 saturated heterocycles. The van der Waals surface area contributed by atoms with Crippen LogP contribution < -0.4 is 11.1 Å². The summed E-state index contributed by atoms with van der Waals surface area (Å²) in [6.07, 6.45) is 1.01. The van der Waals surface area contributed by atoms with Crippen LogP contribution in [0.5, 0.6) is 0 Å². The van der Waals surface area contributed by atoms with E-state index in [9.17, 15) is 0 Å². The van der Waals surface area contributed by atoms with Gasteiger partial charge in [-0.2, -0.15) is 0 Å². The summed E-state index contributed by atoms with van der Waals surface area (Å²) in [4.78, 5) is 0. The topological polar surface area (TPSA) is 38.0 Å². The number of hydrogen-bond donors (Lipinski definition) is 2. The summed E-state index contributed by atoms with van der Waals surface area (Å²) in [5, 5.41) is 5.53. The number of fused-ring (bicyclic) bond motifs is 1. The highest BCUT2D eigenvalue weighted by molar-refractivity contribution is 7.23. The molecule has 0 spiro atoms. The van der Waals surface area contributed by atoms with Gasteiger partial charge in [0.25, 0.3) is 0 Å². The van der Waals surface area contributed by atoms with Gasteiger partial charge < -0.3 is 11.1 Å². The molecule has 19 heavy (non-hydrogen) atoms. The smallest absolute Gasteiger partial charge is 0.111 e. The highest BCUT2D eigenvalue weighted by Gasteiger charge is 2.10. The molecule has 0 aliphatic carbocycles.